The van der Waals surface area contributed by atoms with E-state index in [1.54, 1.807) is 12.3 Å². The van der Waals surface area contributed by atoms with E-state index in [9.17, 15) is 4.79 Å². The fraction of sp³-hybridized carbons (Fsp3) is 0.417. The minimum atomic E-state index is -0.243. The van der Waals surface area contributed by atoms with Gasteiger partial charge >= 0.3 is 0 Å². The summed E-state index contributed by atoms with van der Waals surface area (Å²) in [7, 11) is 0. The molecule has 17 heavy (non-hydrogen) atoms. The molecule has 0 aliphatic carbocycles. The number of hydrogen-bond acceptors (Lipinski definition) is 4. The normalized spacial score (nSPS) is 10.1. The Labute approximate surface area is 101 Å². The third kappa shape index (κ3) is 4.63. The number of carbonyl (C=O) groups is 1. The van der Waals surface area contributed by atoms with E-state index in [1.807, 2.05) is 0 Å². The largest absolute Gasteiger partial charge is 0.369 e. The fourth-order valence-electron chi connectivity index (χ4n) is 1.10. The molecule has 1 amide bonds. The van der Waals surface area contributed by atoms with E-state index in [1.165, 1.54) is 6.20 Å². The molecule has 0 atom stereocenters. The highest BCUT2D eigenvalue weighted by molar-refractivity contribution is 5.92. The van der Waals surface area contributed by atoms with Gasteiger partial charge in [0.05, 0.1) is 12.4 Å². The first-order chi connectivity index (χ1) is 8.13. The molecule has 0 saturated carbocycles. The van der Waals surface area contributed by atoms with Crippen molar-refractivity contribution in [1.82, 2.24) is 15.3 Å². The van der Waals surface area contributed by atoms with Crippen LogP contribution in [-0.2, 0) is 0 Å². The Kier molecular flexibility index (Phi) is 5.13. The predicted octanol–water partition coefficient (Wildman–Crippen LogP) is 1.46. The first kappa shape index (κ1) is 13.2. The van der Waals surface area contributed by atoms with Gasteiger partial charge in [0.2, 0.25) is 0 Å². The number of rotatable bonds is 6. The summed E-state index contributed by atoms with van der Waals surface area (Å²) in [4.78, 5) is 19.7. The maximum atomic E-state index is 11.5. The number of nitrogens with zero attached hydrogens (tertiary/aromatic N) is 2. The second-order valence-corrected chi connectivity index (χ2v) is 4.06. The minimum absolute atomic E-state index is 0.243. The first-order valence-corrected chi connectivity index (χ1v) is 5.58. The van der Waals surface area contributed by atoms with Gasteiger partial charge in [0.1, 0.15) is 11.5 Å². The van der Waals surface area contributed by atoms with Crippen LogP contribution < -0.4 is 10.6 Å². The highest BCUT2D eigenvalue weighted by Crippen LogP contribution is 2.02. The molecule has 2 N–H and O–H groups in total. The fourth-order valence-corrected chi connectivity index (χ4v) is 1.10. The molecule has 0 spiro atoms. The molecular weight excluding hydrogens is 216 g/mol. The Morgan fingerprint density at radius 2 is 2.24 bits per heavy atom. The van der Waals surface area contributed by atoms with Crippen molar-refractivity contribution in [2.75, 3.05) is 18.4 Å². The SMILES string of the molecule is C=CCNC(=O)c1cnc(NCC(C)C)cn1. The monoisotopic (exact) mass is 234 g/mol. The Morgan fingerprint density at radius 1 is 1.47 bits per heavy atom. The van der Waals surface area contributed by atoms with Crippen LogP contribution >= 0.6 is 0 Å². The number of carbonyl (C=O) groups excluding carboxylic acids is 1. The third-order valence-electron chi connectivity index (χ3n) is 1.98. The summed E-state index contributed by atoms with van der Waals surface area (Å²) in [5, 5.41) is 5.77. The zero-order valence-electron chi connectivity index (χ0n) is 10.2. The lowest BCUT2D eigenvalue weighted by molar-refractivity contribution is 0.0952. The topological polar surface area (TPSA) is 66.9 Å². The van der Waals surface area contributed by atoms with Crippen LogP contribution in [0.2, 0.25) is 0 Å². The van der Waals surface area contributed by atoms with E-state index >= 15 is 0 Å². The number of aromatic nitrogens is 2. The first-order valence-electron chi connectivity index (χ1n) is 5.58. The summed E-state index contributed by atoms with van der Waals surface area (Å²) in [5.41, 5.74) is 0.307. The number of anilines is 1. The van der Waals surface area contributed by atoms with E-state index in [2.05, 4.69) is 41.0 Å². The average Bonchev–Trinajstić information content (AvgIpc) is 2.34. The third-order valence-corrected chi connectivity index (χ3v) is 1.98. The van der Waals surface area contributed by atoms with Gasteiger partial charge < -0.3 is 10.6 Å². The van der Waals surface area contributed by atoms with Gasteiger partial charge in [-0.2, -0.15) is 0 Å². The molecule has 92 valence electrons. The maximum Gasteiger partial charge on any atom is 0.271 e. The summed E-state index contributed by atoms with van der Waals surface area (Å²) >= 11 is 0. The van der Waals surface area contributed by atoms with Gasteiger partial charge in [-0.1, -0.05) is 19.9 Å². The van der Waals surface area contributed by atoms with Crippen LogP contribution in [0.3, 0.4) is 0 Å². The molecule has 1 aromatic heterocycles. The van der Waals surface area contributed by atoms with Crippen LogP contribution in [0.25, 0.3) is 0 Å². The van der Waals surface area contributed by atoms with Crippen LogP contribution in [0.4, 0.5) is 5.82 Å². The van der Waals surface area contributed by atoms with Gasteiger partial charge in [-0.25, -0.2) is 9.97 Å². The standard InChI is InChI=1S/C12H18N4O/c1-4-5-13-12(17)10-7-16-11(8-14-10)15-6-9(2)3/h4,7-9H,1,5-6H2,2-3H3,(H,13,17)(H,15,16). The van der Waals surface area contributed by atoms with Crippen LogP contribution in [0.15, 0.2) is 25.0 Å². The van der Waals surface area contributed by atoms with Crippen molar-refractivity contribution in [3.05, 3.63) is 30.7 Å². The van der Waals surface area contributed by atoms with E-state index in [0.29, 0.717) is 24.0 Å². The molecule has 0 radical (unpaired) electrons. The zero-order valence-corrected chi connectivity index (χ0v) is 10.2. The van der Waals surface area contributed by atoms with Crippen LogP contribution in [0.5, 0.6) is 0 Å². The molecule has 0 unspecified atom stereocenters. The lowest BCUT2D eigenvalue weighted by atomic mass is 10.2. The maximum absolute atomic E-state index is 11.5. The predicted molar refractivity (Wildman–Crippen MR) is 67.9 cm³/mol. The van der Waals surface area contributed by atoms with Gasteiger partial charge in [0.25, 0.3) is 5.91 Å². The van der Waals surface area contributed by atoms with Crippen LogP contribution in [-0.4, -0.2) is 29.0 Å². The summed E-state index contributed by atoms with van der Waals surface area (Å²) in [6, 6.07) is 0. The van der Waals surface area contributed by atoms with E-state index in [0.717, 1.165) is 6.54 Å². The molecule has 0 fully saturated rings. The van der Waals surface area contributed by atoms with Gasteiger partial charge in [-0.05, 0) is 5.92 Å². The number of hydrogen-bond donors (Lipinski definition) is 2. The molecule has 0 aromatic carbocycles. The molecule has 0 aliphatic rings. The van der Waals surface area contributed by atoms with Gasteiger partial charge in [-0.15, -0.1) is 6.58 Å². The van der Waals surface area contributed by atoms with E-state index < -0.39 is 0 Å². The zero-order chi connectivity index (χ0) is 12.7. The summed E-state index contributed by atoms with van der Waals surface area (Å²) in [5.74, 6) is 0.971. The van der Waals surface area contributed by atoms with Crippen molar-refractivity contribution in [2.45, 2.75) is 13.8 Å². The van der Waals surface area contributed by atoms with Crippen molar-refractivity contribution in [2.24, 2.45) is 5.92 Å². The van der Waals surface area contributed by atoms with Crippen LogP contribution in [0, 0.1) is 5.92 Å². The smallest absolute Gasteiger partial charge is 0.271 e. The summed E-state index contributed by atoms with van der Waals surface area (Å²) < 4.78 is 0. The molecule has 0 bridgehead atoms. The van der Waals surface area contributed by atoms with E-state index in [-0.39, 0.29) is 5.91 Å². The quantitative estimate of drug-likeness (QED) is 0.731. The lowest BCUT2D eigenvalue weighted by Crippen LogP contribution is -2.24. The lowest BCUT2D eigenvalue weighted by Gasteiger charge is -2.07. The van der Waals surface area contributed by atoms with Crippen LogP contribution in [0.1, 0.15) is 24.3 Å². The molecule has 1 aromatic rings. The highest BCUT2D eigenvalue weighted by Gasteiger charge is 2.06. The Bertz CT molecular complexity index is 373. The van der Waals surface area contributed by atoms with Gasteiger partial charge in [0.15, 0.2) is 0 Å². The van der Waals surface area contributed by atoms with Crippen molar-refractivity contribution in [1.29, 1.82) is 0 Å². The number of amides is 1. The second-order valence-electron chi connectivity index (χ2n) is 4.06. The Balaban J connectivity index is 2.55. The number of nitrogens with one attached hydrogen (secondary N) is 2. The molecule has 1 heterocycles. The van der Waals surface area contributed by atoms with Crippen molar-refractivity contribution in [3.63, 3.8) is 0 Å². The molecule has 5 nitrogen and oxygen atoms in total. The Morgan fingerprint density at radius 3 is 2.76 bits per heavy atom. The molecule has 1 rings (SSSR count). The summed E-state index contributed by atoms with van der Waals surface area (Å²) in [6.45, 7) is 8.99. The second kappa shape index (κ2) is 6.62. The summed E-state index contributed by atoms with van der Waals surface area (Å²) in [6.07, 6.45) is 4.64. The van der Waals surface area contributed by atoms with Crippen molar-refractivity contribution in [3.8, 4) is 0 Å². The molecule has 5 heteroatoms. The van der Waals surface area contributed by atoms with Crippen molar-refractivity contribution < 1.29 is 4.79 Å². The molecular formula is C12H18N4O. The van der Waals surface area contributed by atoms with Gasteiger partial charge in [-0.3, -0.25) is 4.79 Å². The highest BCUT2D eigenvalue weighted by atomic mass is 16.1. The minimum Gasteiger partial charge on any atom is -0.369 e. The van der Waals surface area contributed by atoms with E-state index in [4.69, 9.17) is 0 Å². The average molecular weight is 234 g/mol. The van der Waals surface area contributed by atoms with Gasteiger partial charge in [0, 0.05) is 13.1 Å². The van der Waals surface area contributed by atoms with Crippen molar-refractivity contribution >= 4 is 11.7 Å². The Hall–Kier alpha value is -1.91. The molecule has 0 aliphatic heterocycles. The molecule has 0 saturated heterocycles.